The molecule has 0 bridgehead atoms. The number of pyridine rings is 1. The summed E-state index contributed by atoms with van der Waals surface area (Å²) in [5.41, 5.74) is 0. The summed E-state index contributed by atoms with van der Waals surface area (Å²) >= 11 is 11.7. The molecule has 1 saturated heterocycles. The van der Waals surface area contributed by atoms with Gasteiger partial charge in [-0.25, -0.2) is 4.98 Å². The van der Waals surface area contributed by atoms with Crippen molar-refractivity contribution in [3.63, 3.8) is 0 Å². The molecule has 2 heterocycles. The molecule has 20 heavy (non-hydrogen) atoms. The fourth-order valence-electron chi connectivity index (χ4n) is 2.29. The van der Waals surface area contributed by atoms with Crippen molar-refractivity contribution >= 4 is 34.9 Å². The number of hydrogen-bond acceptors (Lipinski definition) is 4. The van der Waals surface area contributed by atoms with Crippen LogP contribution in [0.1, 0.15) is 13.8 Å². The topological polar surface area (TPSA) is 54.5 Å². The molecule has 0 unspecified atom stereocenters. The highest BCUT2D eigenvalue weighted by Gasteiger charge is 2.23. The second-order valence-corrected chi connectivity index (χ2v) is 5.83. The van der Waals surface area contributed by atoms with Crippen LogP contribution < -0.4 is 5.32 Å². The third-order valence-corrected chi connectivity index (χ3v) is 3.42. The molecule has 1 aliphatic heterocycles. The van der Waals surface area contributed by atoms with Crippen LogP contribution >= 0.6 is 23.2 Å². The van der Waals surface area contributed by atoms with Crippen LogP contribution in [0.2, 0.25) is 10.0 Å². The maximum absolute atomic E-state index is 12.0. The van der Waals surface area contributed by atoms with E-state index in [-0.39, 0.29) is 18.1 Å². The minimum Gasteiger partial charge on any atom is -0.373 e. The monoisotopic (exact) mass is 317 g/mol. The van der Waals surface area contributed by atoms with Crippen molar-refractivity contribution < 1.29 is 9.53 Å². The SMILES string of the molecule is C[C@H]1CN(CC(=O)Nc2ncc(Cl)cc2Cl)C[C@H](C)O1. The van der Waals surface area contributed by atoms with Gasteiger partial charge >= 0.3 is 0 Å². The highest BCUT2D eigenvalue weighted by atomic mass is 35.5. The number of hydrogen-bond donors (Lipinski definition) is 1. The van der Waals surface area contributed by atoms with Gasteiger partial charge in [-0.1, -0.05) is 23.2 Å². The number of morpholine rings is 1. The summed E-state index contributed by atoms with van der Waals surface area (Å²) < 4.78 is 5.63. The predicted octanol–water partition coefficient (Wildman–Crippen LogP) is 2.44. The molecule has 5 nitrogen and oxygen atoms in total. The van der Waals surface area contributed by atoms with Crippen LogP contribution in [0.3, 0.4) is 0 Å². The van der Waals surface area contributed by atoms with E-state index in [0.717, 1.165) is 13.1 Å². The fraction of sp³-hybridized carbons (Fsp3) is 0.538. The lowest BCUT2D eigenvalue weighted by Crippen LogP contribution is -2.48. The van der Waals surface area contributed by atoms with Crippen LogP contribution in [0.4, 0.5) is 5.82 Å². The lowest BCUT2D eigenvalue weighted by molar-refractivity contribution is -0.121. The van der Waals surface area contributed by atoms with Gasteiger partial charge in [0.1, 0.15) is 0 Å². The summed E-state index contributed by atoms with van der Waals surface area (Å²) in [7, 11) is 0. The highest BCUT2D eigenvalue weighted by molar-refractivity contribution is 6.36. The van der Waals surface area contributed by atoms with Gasteiger partial charge in [0, 0.05) is 19.3 Å². The quantitative estimate of drug-likeness (QED) is 0.930. The third-order valence-electron chi connectivity index (χ3n) is 2.93. The zero-order chi connectivity index (χ0) is 14.7. The zero-order valence-corrected chi connectivity index (χ0v) is 12.9. The molecule has 1 aromatic heterocycles. The van der Waals surface area contributed by atoms with Crippen molar-refractivity contribution in [2.75, 3.05) is 25.0 Å². The van der Waals surface area contributed by atoms with E-state index in [0.29, 0.717) is 22.4 Å². The van der Waals surface area contributed by atoms with Gasteiger partial charge in [0.15, 0.2) is 5.82 Å². The van der Waals surface area contributed by atoms with E-state index in [4.69, 9.17) is 27.9 Å². The number of halogens is 2. The lowest BCUT2D eigenvalue weighted by Gasteiger charge is -2.34. The Kier molecular flexibility index (Phi) is 5.21. The van der Waals surface area contributed by atoms with Crippen LogP contribution in [0.5, 0.6) is 0 Å². The van der Waals surface area contributed by atoms with Crippen LogP contribution in [-0.4, -0.2) is 47.6 Å². The normalized spacial score (nSPS) is 23.6. The Hall–Kier alpha value is -0.880. The molecule has 2 atom stereocenters. The van der Waals surface area contributed by atoms with Gasteiger partial charge in [0.05, 0.1) is 28.8 Å². The van der Waals surface area contributed by atoms with E-state index in [1.54, 1.807) is 6.07 Å². The molecule has 1 aromatic rings. The molecule has 7 heteroatoms. The van der Waals surface area contributed by atoms with Gasteiger partial charge in [0.25, 0.3) is 0 Å². The molecule has 0 spiro atoms. The molecule has 0 saturated carbocycles. The molecule has 0 aliphatic carbocycles. The maximum atomic E-state index is 12.0. The Morgan fingerprint density at radius 2 is 2.10 bits per heavy atom. The second-order valence-electron chi connectivity index (χ2n) is 4.98. The van der Waals surface area contributed by atoms with Crippen LogP contribution in [0.25, 0.3) is 0 Å². The number of aromatic nitrogens is 1. The fourth-order valence-corrected chi connectivity index (χ4v) is 2.72. The van der Waals surface area contributed by atoms with Gasteiger partial charge < -0.3 is 10.1 Å². The van der Waals surface area contributed by atoms with Crippen molar-refractivity contribution in [3.05, 3.63) is 22.3 Å². The first kappa shape index (κ1) is 15.5. The van der Waals surface area contributed by atoms with Crippen molar-refractivity contribution in [3.8, 4) is 0 Å². The van der Waals surface area contributed by atoms with E-state index in [1.165, 1.54) is 6.20 Å². The molecule has 1 fully saturated rings. The van der Waals surface area contributed by atoms with Gasteiger partial charge in [-0.3, -0.25) is 9.69 Å². The average Bonchev–Trinajstić information content (AvgIpc) is 2.31. The van der Waals surface area contributed by atoms with Gasteiger partial charge in [-0.05, 0) is 19.9 Å². The standard InChI is InChI=1S/C13H17Cl2N3O2/c1-8-5-18(6-9(2)20-8)7-12(19)17-13-11(15)3-10(14)4-16-13/h3-4,8-9H,5-7H2,1-2H3,(H,16,17,19)/t8-,9-/m0/s1. The van der Waals surface area contributed by atoms with Crippen molar-refractivity contribution in [2.24, 2.45) is 0 Å². The first-order valence-corrected chi connectivity index (χ1v) is 7.18. The van der Waals surface area contributed by atoms with Gasteiger partial charge in [0.2, 0.25) is 5.91 Å². The minimum atomic E-state index is -0.150. The average molecular weight is 318 g/mol. The number of rotatable bonds is 3. The van der Waals surface area contributed by atoms with E-state index in [1.807, 2.05) is 13.8 Å². The Labute approximate surface area is 128 Å². The predicted molar refractivity (Wildman–Crippen MR) is 79.3 cm³/mol. The molecule has 1 aliphatic rings. The van der Waals surface area contributed by atoms with Crippen molar-refractivity contribution in [1.29, 1.82) is 0 Å². The number of ether oxygens (including phenoxy) is 1. The van der Waals surface area contributed by atoms with Crippen LogP contribution in [0.15, 0.2) is 12.3 Å². The minimum absolute atomic E-state index is 0.129. The summed E-state index contributed by atoms with van der Waals surface area (Å²) in [4.78, 5) is 18.1. The Morgan fingerprint density at radius 1 is 1.45 bits per heavy atom. The van der Waals surface area contributed by atoms with Crippen molar-refractivity contribution in [2.45, 2.75) is 26.1 Å². The maximum Gasteiger partial charge on any atom is 0.239 e. The molecule has 0 aromatic carbocycles. The van der Waals surface area contributed by atoms with E-state index in [2.05, 4.69) is 15.2 Å². The zero-order valence-electron chi connectivity index (χ0n) is 11.4. The number of anilines is 1. The summed E-state index contributed by atoms with van der Waals surface area (Å²) in [6.45, 7) is 5.76. The number of carbonyl (C=O) groups is 1. The second kappa shape index (κ2) is 6.72. The summed E-state index contributed by atoms with van der Waals surface area (Å²) in [6, 6.07) is 1.55. The Bertz CT molecular complexity index is 489. The molecular formula is C13H17Cl2N3O2. The smallest absolute Gasteiger partial charge is 0.239 e. The number of nitrogens with one attached hydrogen (secondary N) is 1. The Morgan fingerprint density at radius 3 is 2.70 bits per heavy atom. The molecule has 1 N–H and O–H groups in total. The van der Waals surface area contributed by atoms with Crippen LogP contribution in [-0.2, 0) is 9.53 Å². The largest absolute Gasteiger partial charge is 0.373 e. The lowest BCUT2D eigenvalue weighted by atomic mass is 10.2. The van der Waals surface area contributed by atoms with E-state index in [9.17, 15) is 4.79 Å². The first-order valence-electron chi connectivity index (χ1n) is 6.42. The van der Waals surface area contributed by atoms with Crippen LogP contribution in [0, 0.1) is 0 Å². The summed E-state index contributed by atoms with van der Waals surface area (Å²) in [6.07, 6.45) is 1.70. The summed E-state index contributed by atoms with van der Waals surface area (Å²) in [5.74, 6) is 0.179. The highest BCUT2D eigenvalue weighted by Crippen LogP contribution is 2.22. The summed E-state index contributed by atoms with van der Waals surface area (Å²) in [5, 5.41) is 3.45. The first-order chi connectivity index (χ1) is 9.44. The Balaban J connectivity index is 1.92. The van der Waals surface area contributed by atoms with E-state index >= 15 is 0 Å². The molecular weight excluding hydrogens is 301 g/mol. The molecule has 110 valence electrons. The number of carbonyl (C=O) groups excluding carboxylic acids is 1. The molecule has 0 radical (unpaired) electrons. The van der Waals surface area contributed by atoms with Gasteiger partial charge in [-0.2, -0.15) is 0 Å². The number of nitrogens with zero attached hydrogens (tertiary/aromatic N) is 2. The van der Waals surface area contributed by atoms with Crippen molar-refractivity contribution in [1.82, 2.24) is 9.88 Å². The van der Waals surface area contributed by atoms with Gasteiger partial charge in [-0.15, -0.1) is 0 Å². The van der Waals surface area contributed by atoms with E-state index < -0.39 is 0 Å². The third kappa shape index (κ3) is 4.31. The molecule has 2 rings (SSSR count). The number of amides is 1. The molecule has 1 amide bonds.